The Labute approximate surface area is 104 Å². The predicted octanol–water partition coefficient (Wildman–Crippen LogP) is 3.81. The van der Waals surface area contributed by atoms with Crippen LogP contribution in [0.15, 0.2) is 48.5 Å². The molecule has 1 aromatic heterocycles. The highest BCUT2D eigenvalue weighted by Crippen LogP contribution is 2.16. The van der Waals surface area contributed by atoms with Crippen LogP contribution in [-0.4, -0.2) is 9.97 Å². The SMILES string of the molecule is Clc1cccc(Cc2nc3ccccc3[nH]2)c1. The quantitative estimate of drug-likeness (QED) is 0.727. The molecular formula is C14H11ClN2. The van der Waals surface area contributed by atoms with Crippen molar-refractivity contribution in [3.8, 4) is 0 Å². The summed E-state index contributed by atoms with van der Waals surface area (Å²) >= 11 is 5.96. The van der Waals surface area contributed by atoms with E-state index >= 15 is 0 Å². The number of imidazole rings is 1. The van der Waals surface area contributed by atoms with Crippen molar-refractivity contribution in [1.29, 1.82) is 0 Å². The fourth-order valence-corrected chi connectivity index (χ4v) is 2.14. The first-order valence-corrected chi connectivity index (χ1v) is 5.87. The first-order valence-electron chi connectivity index (χ1n) is 5.49. The van der Waals surface area contributed by atoms with E-state index in [1.165, 1.54) is 0 Å². The summed E-state index contributed by atoms with van der Waals surface area (Å²) in [5.74, 6) is 0.966. The second-order valence-corrected chi connectivity index (χ2v) is 4.44. The van der Waals surface area contributed by atoms with Crippen molar-refractivity contribution < 1.29 is 0 Å². The Morgan fingerprint density at radius 1 is 1.06 bits per heavy atom. The molecule has 0 aliphatic carbocycles. The van der Waals surface area contributed by atoms with Gasteiger partial charge >= 0.3 is 0 Å². The molecule has 3 rings (SSSR count). The summed E-state index contributed by atoms with van der Waals surface area (Å²) in [5, 5.41) is 0.763. The summed E-state index contributed by atoms with van der Waals surface area (Å²) < 4.78 is 0. The number of hydrogen-bond donors (Lipinski definition) is 1. The molecule has 3 aromatic rings. The Balaban J connectivity index is 1.94. The van der Waals surface area contributed by atoms with Crippen molar-refractivity contribution in [2.75, 3.05) is 0 Å². The van der Waals surface area contributed by atoms with Gasteiger partial charge in [0.2, 0.25) is 0 Å². The van der Waals surface area contributed by atoms with Gasteiger partial charge in [-0.3, -0.25) is 0 Å². The lowest BCUT2D eigenvalue weighted by atomic mass is 10.1. The maximum atomic E-state index is 5.96. The normalized spacial score (nSPS) is 10.9. The van der Waals surface area contributed by atoms with Crippen LogP contribution in [0.5, 0.6) is 0 Å². The molecule has 0 spiro atoms. The lowest BCUT2D eigenvalue weighted by molar-refractivity contribution is 1.04. The van der Waals surface area contributed by atoms with Crippen LogP contribution in [0.1, 0.15) is 11.4 Å². The van der Waals surface area contributed by atoms with E-state index in [0.29, 0.717) is 0 Å². The van der Waals surface area contributed by atoms with E-state index < -0.39 is 0 Å². The summed E-state index contributed by atoms with van der Waals surface area (Å²) in [6, 6.07) is 15.9. The number of nitrogens with zero attached hydrogens (tertiary/aromatic N) is 1. The van der Waals surface area contributed by atoms with Crippen molar-refractivity contribution in [2.24, 2.45) is 0 Å². The number of hydrogen-bond acceptors (Lipinski definition) is 1. The molecule has 1 N–H and O–H groups in total. The van der Waals surface area contributed by atoms with Gasteiger partial charge in [-0.2, -0.15) is 0 Å². The van der Waals surface area contributed by atoms with E-state index in [0.717, 1.165) is 33.9 Å². The van der Waals surface area contributed by atoms with E-state index in [2.05, 4.69) is 16.0 Å². The summed E-state index contributed by atoms with van der Waals surface area (Å²) in [6.07, 6.45) is 0.773. The van der Waals surface area contributed by atoms with Crippen molar-refractivity contribution in [2.45, 2.75) is 6.42 Å². The van der Waals surface area contributed by atoms with Crippen molar-refractivity contribution >= 4 is 22.6 Å². The molecular weight excluding hydrogens is 232 g/mol. The van der Waals surface area contributed by atoms with E-state index in [1.807, 2.05) is 42.5 Å². The second-order valence-electron chi connectivity index (χ2n) is 4.01. The Kier molecular flexibility index (Phi) is 2.57. The van der Waals surface area contributed by atoms with E-state index in [-0.39, 0.29) is 0 Å². The summed E-state index contributed by atoms with van der Waals surface area (Å²) in [7, 11) is 0. The highest BCUT2D eigenvalue weighted by Gasteiger charge is 2.03. The maximum Gasteiger partial charge on any atom is 0.111 e. The molecule has 3 heteroatoms. The van der Waals surface area contributed by atoms with E-state index in [1.54, 1.807) is 0 Å². The topological polar surface area (TPSA) is 28.7 Å². The third-order valence-corrected chi connectivity index (χ3v) is 2.93. The van der Waals surface area contributed by atoms with Crippen LogP contribution < -0.4 is 0 Å². The molecule has 0 aliphatic rings. The fraction of sp³-hybridized carbons (Fsp3) is 0.0714. The van der Waals surface area contributed by atoms with Crippen LogP contribution in [0.3, 0.4) is 0 Å². The summed E-state index contributed by atoms with van der Waals surface area (Å²) in [4.78, 5) is 7.85. The van der Waals surface area contributed by atoms with Crippen molar-refractivity contribution in [3.05, 3.63) is 64.9 Å². The highest BCUT2D eigenvalue weighted by atomic mass is 35.5. The number of halogens is 1. The number of nitrogens with one attached hydrogen (secondary N) is 1. The Morgan fingerprint density at radius 2 is 1.94 bits per heavy atom. The molecule has 0 amide bonds. The van der Waals surface area contributed by atoms with Gasteiger partial charge in [0.1, 0.15) is 5.82 Å². The monoisotopic (exact) mass is 242 g/mol. The van der Waals surface area contributed by atoms with Crippen LogP contribution in [0, 0.1) is 0 Å². The van der Waals surface area contributed by atoms with Crippen LogP contribution in [0.4, 0.5) is 0 Å². The molecule has 0 atom stereocenters. The first-order chi connectivity index (χ1) is 8.31. The summed E-state index contributed by atoms with van der Waals surface area (Å²) in [5.41, 5.74) is 3.24. The van der Waals surface area contributed by atoms with Gasteiger partial charge < -0.3 is 4.98 Å². The maximum absolute atomic E-state index is 5.96. The molecule has 2 aromatic carbocycles. The zero-order valence-electron chi connectivity index (χ0n) is 9.15. The number of fused-ring (bicyclic) bond motifs is 1. The minimum atomic E-state index is 0.763. The third-order valence-electron chi connectivity index (χ3n) is 2.70. The average molecular weight is 243 g/mol. The van der Waals surface area contributed by atoms with E-state index in [4.69, 9.17) is 11.6 Å². The van der Waals surface area contributed by atoms with Gasteiger partial charge in [0, 0.05) is 11.4 Å². The van der Waals surface area contributed by atoms with Gasteiger partial charge in [-0.25, -0.2) is 4.98 Å². The number of rotatable bonds is 2. The van der Waals surface area contributed by atoms with Gasteiger partial charge in [-0.05, 0) is 29.8 Å². The van der Waals surface area contributed by atoms with Gasteiger partial charge in [-0.1, -0.05) is 35.9 Å². The fourth-order valence-electron chi connectivity index (χ4n) is 1.93. The second kappa shape index (κ2) is 4.22. The van der Waals surface area contributed by atoms with Crippen LogP contribution in [-0.2, 0) is 6.42 Å². The van der Waals surface area contributed by atoms with Crippen LogP contribution in [0.2, 0.25) is 5.02 Å². The smallest absolute Gasteiger partial charge is 0.111 e. The minimum Gasteiger partial charge on any atom is -0.342 e. The zero-order valence-corrected chi connectivity index (χ0v) is 9.91. The average Bonchev–Trinajstić information content (AvgIpc) is 2.71. The predicted molar refractivity (Wildman–Crippen MR) is 70.4 cm³/mol. The molecule has 0 radical (unpaired) electrons. The molecule has 0 aliphatic heterocycles. The number of para-hydroxylation sites is 2. The largest absolute Gasteiger partial charge is 0.342 e. The molecule has 84 valence electrons. The standard InChI is InChI=1S/C14H11ClN2/c15-11-5-3-4-10(8-11)9-14-16-12-6-1-2-7-13(12)17-14/h1-8H,9H2,(H,16,17). The Bertz CT molecular complexity index is 625. The number of aromatic nitrogens is 2. The molecule has 2 nitrogen and oxygen atoms in total. The van der Waals surface area contributed by atoms with Crippen LogP contribution >= 0.6 is 11.6 Å². The lowest BCUT2D eigenvalue weighted by Gasteiger charge is -1.98. The molecule has 0 fully saturated rings. The Morgan fingerprint density at radius 3 is 2.76 bits per heavy atom. The molecule has 0 unspecified atom stereocenters. The molecule has 0 saturated carbocycles. The number of aromatic amines is 1. The van der Waals surface area contributed by atoms with Crippen molar-refractivity contribution in [1.82, 2.24) is 9.97 Å². The molecule has 0 saturated heterocycles. The number of benzene rings is 2. The molecule has 17 heavy (non-hydrogen) atoms. The lowest BCUT2D eigenvalue weighted by Crippen LogP contribution is -1.90. The zero-order chi connectivity index (χ0) is 11.7. The third kappa shape index (κ3) is 2.17. The van der Waals surface area contributed by atoms with E-state index in [9.17, 15) is 0 Å². The Hall–Kier alpha value is -1.80. The minimum absolute atomic E-state index is 0.763. The van der Waals surface area contributed by atoms with Gasteiger partial charge in [-0.15, -0.1) is 0 Å². The number of H-pyrrole nitrogens is 1. The van der Waals surface area contributed by atoms with Gasteiger partial charge in [0.15, 0.2) is 0 Å². The summed E-state index contributed by atoms with van der Waals surface area (Å²) in [6.45, 7) is 0. The van der Waals surface area contributed by atoms with Gasteiger partial charge in [0.25, 0.3) is 0 Å². The first kappa shape index (κ1) is 10.4. The molecule has 1 heterocycles. The van der Waals surface area contributed by atoms with Gasteiger partial charge in [0.05, 0.1) is 11.0 Å². The highest BCUT2D eigenvalue weighted by molar-refractivity contribution is 6.30. The van der Waals surface area contributed by atoms with Crippen molar-refractivity contribution in [3.63, 3.8) is 0 Å². The van der Waals surface area contributed by atoms with Crippen LogP contribution in [0.25, 0.3) is 11.0 Å². The molecule has 0 bridgehead atoms.